The molecule has 1 heterocycles. The van der Waals surface area contributed by atoms with Gasteiger partial charge in [0, 0.05) is 0 Å². The molecule has 0 bridgehead atoms. The fraction of sp³-hybridized carbons (Fsp3) is 0.867. The maximum atomic E-state index is 12.8. The summed E-state index contributed by atoms with van der Waals surface area (Å²) in [5.41, 5.74) is 0. The van der Waals surface area contributed by atoms with Crippen LogP contribution in [0.5, 0.6) is 0 Å². The van der Waals surface area contributed by atoms with Crippen molar-refractivity contribution in [3.05, 3.63) is 0 Å². The van der Waals surface area contributed by atoms with Crippen LogP contribution in [0.4, 0.5) is 8.78 Å². The molecule has 3 fully saturated rings. The Morgan fingerprint density at radius 1 is 1.05 bits per heavy atom. The predicted molar refractivity (Wildman–Crippen MR) is 72.7 cm³/mol. The molecule has 3 aliphatic rings. The van der Waals surface area contributed by atoms with Crippen LogP contribution in [-0.4, -0.2) is 41.8 Å². The number of piperazine rings is 1. The Morgan fingerprint density at radius 3 is 2.29 bits per heavy atom. The fourth-order valence-corrected chi connectivity index (χ4v) is 3.78. The van der Waals surface area contributed by atoms with Gasteiger partial charge in [-0.15, -0.1) is 0 Å². The first-order chi connectivity index (χ1) is 10.1. The normalized spacial score (nSPS) is 31.7. The number of nitrogens with one attached hydrogen (secondary N) is 1. The number of halogens is 2. The molecule has 3 rings (SSSR count). The van der Waals surface area contributed by atoms with Gasteiger partial charge in [0.05, 0.1) is 6.54 Å². The zero-order chi connectivity index (χ0) is 15.0. The average Bonchev–Trinajstić information content (AvgIpc) is 3.27. The monoisotopic (exact) mass is 300 g/mol. The summed E-state index contributed by atoms with van der Waals surface area (Å²) in [6.45, 7) is -0.614. The number of hydrogen-bond acceptors (Lipinski definition) is 2. The van der Waals surface area contributed by atoms with Crippen LogP contribution in [0.1, 0.15) is 44.9 Å². The second kappa shape index (κ2) is 5.89. The lowest BCUT2D eigenvalue weighted by molar-refractivity contribution is -0.154. The summed E-state index contributed by atoms with van der Waals surface area (Å²) < 4.78 is 25.6. The standard InChI is InChI=1S/C15H22F2N2O2/c16-11(17)8-19-13(10-6-7-10)14(20)18-12(15(19)21)9-4-2-1-3-5-9/h9-13H,1-8H2,(H,18,20). The van der Waals surface area contributed by atoms with Gasteiger partial charge in [-0.25, -0.2) is 8.78 Å². The van der Waals surface area contributed by atoms with E-state index in [1.165, 1.54) is 4.90 Å². The lowest BCUT2D eigenvalue weighted by atomic mass is 9.82. The molecule has 21 heavy (non-hydrogen) atoms. The predicted octanol–water partition coefficient (Wildman–Crippen LogP) is 1.94. The topological polar surface area (TPSA) is 49.4 Å². The minimum atomic E-state index is -2.59. The molecule has 0 aromatic carbocycles. The summed E-state index contributed by atoms with van der Waals surface area (Å²) in [4.78, 5) is 26.1. The van der Waals surface area contributed by atoms with E-state index in [1.54, 1.807) is 0 Å². The summed E-state index contributed by atoms with van der Waals surface area (Å²) in [7, 11) is 0. The van der Waals surface area contributed by atoms with Gasteiger partial charge in [0.1, 0.15) is 12.1 Å². The second-order valence-corrected chi connectivity index (χ2v) is 6.55. The van der Waals surface area contributed by atoms with Gasteiger partial charge in [0.25, 0.3) is 6.43 Å². The summed E-state index contributed by atoms with van der Waals surface area (Å²) in [5.74, 6) is -0.345. The van der Waals surface area contributed by atoms with Crippen molar-refractivity contribution in [1.29, 1.82) is 0 Å². The Labute approximate surface area is 123 Å². The maximum Gasteiger partial charge on any atom is 0.255 e. The molecule has 4 nitrogen and oxygen atoms in total. The molecule has 0 spiro atoms. The largest absolute Gasteiger partial charge is 0.342 e. The highest BCUT2D eigenvalue weighted by molar-refractivity contribution is 5.97. The number of alkyl halides is 2. The second-order valence-electron chi connectivity index (χ2n) is 6.55. The number of rotatable bonds is 4. The number of hydrogen-bond donors (Lipinski definition) is 1. The molecule has 2 aliphatic carbocycles. The van der Waals surface area contributed by atoms with E-state index >= 15 is 0 Å². The van der Waals surface area contributed by atoms with Crippen LogP contribution in [0, 0.1) is 11.8 Å². The van der Waals surface area contributed by atoms with Crippen molar-refractivity contribution in [3.8, 4) is 0 Å². The van der Waals surface area contributed by atoms with Gasteiger partial charge >= 0.3 is 0 Å². The highest BCUT2D eigenvalue weighted by Gasteiger charge is 2.50. The third-order valence-corrected chi connectivity index (χ3v) is 4.98. The Bertz CT molecular complexity index is 420. The third kappa shape index (κ3) is 3.04. The molecule has 0 radical (unpaired) electrons. The quantitative estimate of drug-likeness (QED) is 0.862. The number of amides is 2. The molecule has 2 unspecified atom stereocenters. The molecule has 1 saturated heterocycles. The van der Waals surface area contributed by atoms with E-state index in [2.05, 4.69) is 5.32 Å². The first kappa shape index (κ1) is 14.7. The Morgan fingerprint density at radius 2 is 1.71 bits per heavy atom. The number of nitrogens with zero attached hydrogens (tertiary/aromatic N) is 1. The van der Waals surface area contributed by atoms with Gasteiger partial charge < -0.3 is 10.2 Å². The molecule has 6 heteroatoms. The van der Waals surface area contributed by atoms with Crippen LogP contribution in [0.15, 0.2) is 0 Å². The minimum absolute atomic E-state index is 0.0694. The van der Waals surface area contributed by atoms with Gasteiger partial charge in [0.15, 0.2) is 0 Å². The third-order valence-electron chi connectivity index (χ3n) is 4.98. The van der Waals surface area contributed by atoms with Crippen LogP contribution < -0.4 is 5.32 Å². The fourth-order valence-electron chi connectivity index (χ4n) is 3.78. The summed E-state index contributed by atoms with van der Waals surface area (Å²) in [5, 5.41) is 2.84. The molecule has 2 saturated carbocycles. The zero-order valence-electron chi connectivity index (χ0n) is 12.1. The van der Waals surface area contributed by atoms with Gasteiger partial charge in [-0.2, -0.15) is 0 Å². The summed E-state index contributed by atoms with van der Waals surface area (Å²) in [6.07, 6.45) is 4.14. The van der Waals surface area contributed by atoms with Crippen molar-refractivity contribution >= 4 is 11.8 Å². The van der Waals surface area contributed by atoms with Gasteiger partial charge in [-0.3, -0.25) is 9.59 Å². The molecule has 0 aromatic heterocycles. The van der Waals surface area contributed by atoms with Crippen molar-refractivity contribution in [3.63, 3.8) is 0 Å². The van der Waals surface area contributed by atoms with Crippen molar-refractivity contribution in [2.24, 2.45) is 11.8 Å². The molecular weight excluding hydrogens is 278 g/mol. The van der Waals surface area contributed by atoms with Gasteiger partial charge in [-0.05, 0) is 37.5 Å². The van der Waals surface area contributed by atoms with Crippen molar-refractivity contribution < 1.29 is 18.4 Å². The molecular formula is C15H22F2N2O2. The smallest absolute Gasteiger partial charge is 0.255 e. The van der Waals surface area contributed by atoms with E-state index in [-0.39, 0.29) is 23.7 Å². The zero-order valence-corrected chi connectivity index (χ0v) is 12.1. The van der Waals surface area contributed by atoms with Crippen molar-refractivity contribution in [2.75, 3.05) is 6.54 Å². The van der Waals surface area contributed by atoms with E-state index in [1.807, 2.05) is 0 Å². The molecule has 118 valence electrons. The SMILES string of the molecule is O=C1NC(C2CCCCC2)C(=O)N(CC(F)F)C1C1CC1. The highest BCUT2D eigenvalue weighted by atomic mass is 19.3. The maximum absolute atomic E-state index is 12.8. The van der Waals surface area contributed by atoms with Gasteiger partial charge in [0.2, 0.25) is 11.8 Å². The first-order valence-electron chi connectivity index (χ1n) is 7.97. The van der Waals surface area contributed by atoms with E-state index in [9.17, 15) is 18.4 Å². The van der Waals surface area contributed by atoms with Crippen LogP contribution in [0.2, 0.25) is 0 Å². The Balaban J connectivity index is 1.78. The van der Waals surface area contributed by atoms with E-state index < -0.39 is 25.1 Å². The van der Waals surface area contributed by atoms with E-state index in [4.69, 9.17) is 0 Å². The van der Waals surface area contributed by atoms with Crippen LogP contribution in [0.25, 0.3) is 0 Å². The average molecular weight is 300 g/mol. The highest BCUT2D eigenvalue weighted by Crippen LogP contribution is 2.38. The molecule has 0 aromatic rings. The molecule has 1 N–H and O–H groups in total. The lowest BCUT2D eigenvalue weighted by Gasteiger charge is -2.42. The Kier molecular flexibility index (Phi) is 4.13. The lowest BCUT2D eigenvalue weighted by Crippen LogP contribution is -2.66. The molecule has 2 amide bonds. The molecule has 1 aliphatic heterocycles. The van der Waals surface area contributed by atoms with E-state index in [0.717, 1.165) is 44.9 Å². The molecule has 2 atom stereocenters. The number of carbonyl (C=O) groups excluding carboxylic acids is 2. The summed E-state index contributed by atoms with van der Waals surface area (Å²) >= 11 is 0. The number of carbonyl (C=O) groups is 2. The first-order valence-corrected chi connectivity index (χ1v) is 7.97. The van der Waals surface area contributed by atoms with Crippen LogP contribution in [-0.2, 0) is 9.59 Å². The minimum Gasteiger partial charge on any atom is -0.342 e. The van der Waals surface area contributed by atoms with Gasteiger partial charge in [-0.1, -0.05) is 19.3 Å². The van der Waals surface area contributed by atoms with Crippen molar-refractivity contribution in [1.82, 2.24) is 10.2 Å². The van der Waals surface area contributed by atoms with E-state index in [0.29, 0.717) is 0 Å². The van der Waals surface area contributed by atoms with Crippen molar-refractivity contribution in [2.45, 2.75) is 63.5 Å². The van der Waals surface area contributed by atoms with Crippen LogP contribution in [0.3, 0.4) is 0 Å². The van der Waals surface area contributed by atoms with Crippen LogP contribution >= 0.6 is 0 Å². The summed E-state index contributed by atoms with van der Waals surface area (Å²) in [6, 6.07) is -1.27. The Hall–Kier alpha value is -1.20.